The number of carbonyl (C=O) groups is 1. The minimum Gasteiger partial charge on any atom is -0.322 e. The second-order valence-corrected chi connectivity index (χ2v) is 6.51. The van der Waals surface area contributed by atoms with Gasteiger partial charge in [-0.1, -0.05) is 20.3 Å². The van der Waals surface area contributed by atoms with E-state index in [0.29, 0.717) is 17.4 Å². The molecule has 3 aliphatic rings. The molecule has 0 aromatic carbocycles. The number of nitrogens with zero attached hydrogens (tertiary/aromatic N) is 1. The lowest BCUT2D eigenvalue weighted by Gasteiger charge is -2.37. The van der Waals surface area contributed by atoms with Gasteiger partial charge in [-0.15, -0.1) is 0 Å². The van der Waals surface area contributed by atoms with Gasteiger partial charge < -0.3 is 4.90 Å². The lowest BCUT2D eigenvalue weighted by Crippen LogP contribution is -2.47. The third kappa shape index (κ3) is 1.27. The van der Waals surface area contributed by atoms with Gasteiger partial charge in [0.25, 0.3) is 0 Å². The maximum atomic E-state index is 12.4. The Kier molecular flexibility index (Phi) is 1.99. The molecule has 90 valence electrons. The number of carbonyl (C=O) groups excluding carboxylic acids is 1. The molecule has 1 aliphatic heterocycles. The first-order valence-corrected chi connectivity index (χ1v) is 6.57. The van der Waals surface area contributed by atoms with Gasteiger partial charge in [0.1, 0.15) is 0 Å². The third-order valence-electron chi connectivity index (χ3n) is 4.83. The zero-order valence-electron chi connectivity index (χ0n) is 10.5. The van der Waals surface area contributed by atoms with E-state index in [9.17, 15) is 4.79 Å². The van der Waals surface area contributed by atoms with Crippen LogP contribution in [0.5, 0.6) is 0 Å². The smallest absolute Gasteiger partial charge is 0.244 e. The summed E-state index contributed by atoms with van der Waals surface area (Å²) in [7, 11) is 0. The van der Waals surface area contributed by atoms with Crippen molar-refractivity contribution >= 4 is 5.91 Å². The second-order valence-electron chi connectivity index (χ2n) is 6.51. The molecule has 1 N–H and O–H groups in total. The van der Waals surface area contributed by atoms with Crippen molar-refractivity contribution in [1.82, 2.24) is 10.2 Å². The van der Waals surface area contributed by atoms with Crippen LogP contribution in [0.25, 0.3) is 0 Å². The van der Waals surface area contributed by atoms with Gasteiger partial charge in [0.05, 0.1) is 11.7 Å². The molecule has 2 atom stereocenters. The lowest BCUT2D eigenvalue weighted by molar-refractivity contribution is -0.134. The van der Waals surface area contributed by atoms with Crippen LogP contribution in [0.1, 0.15) is 52.9 Å². The largest absolute Gasteiger partial charge is 0.322 e. The second kappa shape index (κ2) is 3.00. The minimum absolute atomic E-state index is 0.141. The van der Waals surface area contributed by atoms with Gasteiger partial charge in [-0.2, -0.15) is 0 Å². The van der Waals surface area contributed by atoms with Crippen molar-refractivity contribution in [2.45, 2.75) is 70.6 Å². The minimum atomic E-state index is -0.141. The summed E-state index contributed by atoms with van der Waals surface area (Å²) in [4.78, 5) is 14.6. The average Bonchev–Trinajstić information content (AvgIpc) is 2.82. The normalized spacial score (nSPS) is 39.7. The molecule has 0 radical (unpaired) electrons. The highest BCUT2D eigenvalue weighted by atomic mass is 16.2. The highest BCUT2D eigenvalue weighted by Gasteiger charge is 2.60. The standard InChI is InChI=1S/C13H22N2O/c1-9-14-13(7-8-13)11(16)15(9)10-5-4-6-12(10,2)3/h9-10,14H,4-8H2,1-3H3. The van der Waals surface area contributed by atoms with Crippen molar-refractivity contribution in [2.75, 3.05) is 0 Å². The summed E-state index contributed by atoms with van der Waals surface area (Å²) in [6.07, 6.45) is 6.01. The molecule has 0 bridgehead atoms. The van der Waals surface area contributed by atoms with E-state index >= 15 is 0 Å². The zero-order chi connectivity index (χ0) is 11.6. The van der Waals surface area contributed by atoms with Crippen molar-refractivity contribution in [3.63, 3.8) is 0 Å². The molecule has 0 aromatic rings. The fourth-order valence-electron chi connectivity index (χ4n) is 3.67. The maximum Gasteiger partial charge on any atom is 0.244 e. The van der Waals surface area contributed by atoms with Crippen molar-refractivity contribution in [1.29, 1.82) is 0 Å². The van der Waals surface area contributed by atoms with E-state index < -0.39 is 0 Å². The number of amides is 1. The monoisotopic (exact) mass is 222 g/mol. The number of hydrogen-bond donors (Lipinski definition) is 1. The van der Waals surface area contributed by atoms with Crippen LogP contribution in [-0.2, 0) is 4.79 Å². The summed E-state index contributed by atoms with van der Waals surface area (Å²) >= 11 is 0. The highest BCUT2D eigenvalue weighted by Crippen LogP contribution is 2.48. The molecule has 0 aromatic heterocycles. The van der Waals surface area contributed by atoms with Crippen LogP contribution >= 0.6 is 0 Å². The summed E-state index contributed by atoms with van der Waals surface area (Å²) in [6, 6.07) is 0.447. The molecule has 3 heteroatoms. The summed E-state index contributed by atoms with van der Waals surface area (Å²) in [6.45, 7) is 6.75. The van der Waals surface area contributed by atoms with Crippen LogP contribution in [0.15, 0.2) is 0 Å². The third-order valence-corrected chi connectivity index (χ3v) is 4.83. The van der Waals surface area contributed by atoms with E-state index in [-0.39, 0.29) is 11.7 Å². The first-order valence-electron chi connectivity index (χ1n) is 6.57. The Balaban J connectivity index is 1.87. The summed E-state index contributed by atoms with van der Waals surface area (Å²) < 4.78 is 0. The number of hydrogen-bond acceptors (Lipinski definition) is 2. The van der Waals surface area contributed by atoms with E-state index in [1.807, 2.05) is 0 Å². The van der Waals surface area contributed by atoms with Gasteiger partial charge in [0.15, 0.2) is 0 Å². The predicted molar refractivity (Wildman–Crippen MR) is 62.8 cm³/mol. The van der Waals surface area contributed by atoms with Crippen LogP contribution < -0.4 is 5.32 Å². The highest BCUT2D eigenvalue weighted by molar-refractivity contribution is 5.92. The maximum absolute atomic E-state index is 12.4. The fraction of sp³-hybridized carbons (Fsp3) is 0.923. The van der Waals surface area contributed by atoms with E-state index in [2.05, 4.69) is 31.0 Å². The Hall–Kier alpha value is -0.570. The molecular formula is C13H22N2O. The summed E-state index contributed by atoms with van der Waals surface area (Å²) in [5, 5.41) is 3.50. The first-order chi connectivity index (χ1) is 7.46. The molecule has 2 unspecified atom stereocenters. The van der Waals surface area contributed by atoms with Crippen LogP contribution in [0.2, 0.25) is 0 Å². The van der Waals surface area contributed by atoms with Gasteiger partial charge in [-0.25, -0.2) is 0 Å². The van der Waals surface area contributed by atoms with Crippen LogP contribution in [-0.4, -0.2) is 28.6 Å². The van der Waals surface area contributed by atoms with E-state index in [1.54, 1.807) is 0 Å². The molecule has 1 heterocycles. The van der Waals surface area contributed by atoms with Gasteiger partial charge in [-0.05, 0) is 38.0 Å². The van der Waals surface area contributed by atoms with Gasteiger partial charge >= 0.3 is 0 Å². The van der Waals surface area contributed by atoms with Crippen LogP contribution in [0.3, 0.4) is 0 Å². The van der Waals surface area contributed by atoms with Gasteiger partial charge in [0.2, 0.25) is 5.91 Å². The molecule has 2 saturated carbocycles. The molecule has 1 spiro atoms. The van der Waals surface area contributed by atoms with Crippen molar-refractivity contribution in [3.8, 4) is 0 Å². The molecule has 3 fully saturated rings. The Labute approximate surface area is 97.6 Å². The molecule has 3 nitrogen and oxygen atoms in total. The Morgan fingerprint density at radius 2 is 2.00 bits per heavy atom. The quantitative estimate of drug-likeness (QED) is 0.734. The van der Waals surface area contributed by atoms with Gasteiger partial charge in [-0.3, -0.25) is 10.1 Å². The predicted octanol–water partition coefficient (Wildman–Crippen LogP) is 1.88. The first kappa shape index (κ1) is 10.6. The van der Waals surface area contributed by atoms with Gasteiger partial charge in [0, 0.05) is 6.04 Å². The number of nitrogens with one attached hydrogen (secondary N) is 1. The molecule has 2 aliphatic carbocycles. The topological polar surface area (TPSA) is 32.3 Å². The van der Waals surface area contributed by atoms with Crippen molar-refractivity contribution in [2.24, 2.45) is 5.41 Å². The zero-order valence-corrected chi connectivity index (χ0v) is 10.5. The van der Waals surface area contributed by atoms with E-state index in [4.69, 9.17) is 0 Å². The van der Waals surface area contributed by atoms with Crippen molar-refractivity contribution in [3.05, 3.63) is 0 Å². The summed E-state index contributed by atoms with van der Waals surface area (Å²) in [5.74, 6) is 0.375. The van der Waals surface area contributed by atoms with Crippen LogP contribution in [0.4, 0.5) is 0 Å². The lowest BCUT2D eigenvalue weighted by atomic mass is 9.86. The van der Waals surface area contributed by atoms with E-state index in [1.165, 1.54) is 19.3 Å². The molecular weight excluding hydrogens is 200 g/mol. The number of rotatable bonds is 1. The fourth-order valence-corrected chi connectivity index (χ4v) is 3.67. The van der Waals surface area contributed by atoms with Crippen LogP contribution in [0, 0.1) is 5.41 Å². The Morgan fingerprint density at radius 1 is 1.31 bits per heavy atom. The molecule has 3 rings (SSSR count). The summed E-state index contributed by atoms with van der Waals surface area (Å²) in [5.41, 5.74) is 0.157. The molecule has 16 heavy (non-hydrogen) atoms. The average molecular weight is 222 g/mol. The molecule has 1 amide bonds. The molecule has 1 saturated heterocycles. The van der Waals surface area contributed by atoms with Crippen molar-refractivity contribution < 1.29 is 4.79 Å². The van der Waals surface area contributed by atoms with E-state index in [0.717, 1.165) is 12.8 Å². The Morgan fingerprint density at radius 3 is 2.44 bits per heavy atom. The SMILES string of the molecule is CC1NC2(CC2)C(=O)N1C1CCCC1(C)C. The Bertz CT molecular complexity index is 333.